The smallest absolute Gasteiger partial charge is 0.184 e. The predicted molar refractivity (Wildman–Crippen MR) is 50.5 cm³/mol. The van der Waals surface area contributed by atoms with Crippen LogP contribution in [0.4, 0.5) is 0 Å². The maximum atomic E-state index is 5.71. The van der Waals surface area contributed by atoms with Crippen LogP contribution in [0.5, 0.6) is 0 Å². The quantitative estimate of drug-likeness (QED) is 0.648. The van der Waals surface area contributed by atoms with Gasteiger partial charge in [-0.05, 0) is 12.1 Å². The average Bonchev–Trinajstić information content (AvgIpc) is 2.47. The Morgan fingerprint density at radius 1 is 1.25 bits per heavy atom. The third kappa shape index (κ3) is 1.17. The first-order chi connectivity index (χ1) is 5.79. The standard InChI is InChI=1S/C8H6Cl2N2/c9-8(10)12-5-11-6-3-1-2-4-7(6)12/h1-5,8H. The molecule has 2 aromatic rings. The van der Waals surface area contributed by atoms with Gasteiger partial charge in [-0.1, -0.05) is 35.3 Å². The van der Waals surface area contributed by atoms with Crippen LogP contribution in [0.3, 0.4) is 0 Å². The van der Waals surface area contributed by atoms with Crippen LogP contribution in [0, 0.1) is 0 Å². The predicted octanol–water partition coefficient (Wildman–Crippen LogP) is 2.97. The van der Waals surface area contributed by atoms with Crippen molar-refractivity contribution in [2.75, 3.05) is 0 Å². The number of benzene rings is 1. The Labute approximate surface area is 79.7 Å². The molecule has 2 rings (SSSR count). The zero-order chi connectivity index (χ0) is 8.55. The van der Waals surface area contributed by atoms with Gasteiger partial charge in [-0.25, -0.2) is 4.98 Å². The normalized spacial score (nSPS) is 11.2. The van der Waals surface area contributed by atoms with E-state index in [0.29, 0.717) is 0 Å². The number of para-hydroxylation sites is 2. The molecule has 0 saturated heterocycles. The van der Waals surface area contributed by atoms with Gasteiger partial charge in [0.2, 0.25) is 0 Å². The van der Waals surface area contributed by atoms with Gasteiger partial charge in [-0.3, -0.25) is 0 Å². The van der Waals surface area contributed by atoms with Crippen molar-refractivity contribution in [1.82, 2.24) is 9.55 Å². The molecule has 0 aliphatic heterocycles. The summed E-state index contributed by atoms with van der Waals surface area (Å²) in [5.41, 5.74) is 1.86. The van der Waals surface area contributed by atoms with Crippen molar-refractivity contribution in [1.29, 1.82) is 0 Å². The van der Waals surface area contributed by atoms with E-state index in [2.05, 4.69) is 4.98 Å². The van der Waals surface area contributed by atoms with Gasteiger partial charge in [-0.15, -0.1) is 0 Å². The minimum absolute atomic E-state index is 0.572. The monoisotopic (exact) mass is 200 g/mol. The molecule has 0 atom stereocenters. The van der Waals surface area contributed by atoms with Crippen LogP contribution in [-0.2, 0) is 0 Å². The Morgan fingerprint density at radius 2 is 2.00 bits per heavy atom. The second-order valence-corrected chi connectivity index (χ2v) is 3.47. The van der Waals surface area contributed by atoms with Crippen molar-refractivity contribution in [2.24, 2.45) is 0 Å². The van der Waals surface area contributed by atoms with E-state index in [-0.39, 0.29) is 0 Å². The number of halogens is 2. The highest BCUT2D eigenvalue weighted by molar-refractivity contribution is 6.42. The van der Waals surface area contributed by atoms with Gasteiger partial charge < -0.3 is 4.57 Å². The molecule has 0 amide bonds. The van der Waals surface area contributed by atoms with E-state index in [1.807, 2.05) is 24.3 Å². The second-order valence-electron chi connectivity index (χ2n) is 2.42. The van der Waals surface area contributed by atoms with Crippen LogP contribution in [-0.4, -0.2) is 9.55 Å². The van der Waals surface area contributed by atoms with Crippen LogP contribution >= 0.6 is 23.2 Å². The van der Waals surface area contributed by atoms with Crippen molar-refractivity contribution >= 4 is 34.2 Å². The van der Waals surface area contributed by atoms with Crippen molar-refractivity contribution < 1.29 is 0 Å². The molecule has 62 valence electrons. The number of alkyl halides is 2. The zero-order valence-corrected chi connectivity index (χ0v) is 7.63. The molecule has 0 radical (unpaired) electrons. The maximum absolute atomic E-state index is 5.71. The molecule has 0 bridgehead atoms. The van der Waals surface area contributed by atoms with Gasteiger partial charge in [0.25, 0.3) is 0 Å². The van der Waals surface area contributed by atoms with Gasteiger partial charge in [0, 0.05) is 0 Å². The van der Waals surface area contributed by atoms with Gasteiger partial charge in [-0.2, -0.15) is 0 Å². The molecule has 2 nitrogen and oxygen atoms in total. The molecule has 12 heavy (non-hydrogen) atoms. The van der Waals surface area contributed by atoms with E-state index >= 15 is 0 Å². The van der Waals surface area contributed by atoms with Crippen LogP contribution in [0.15, 0.2) is 30.6 Å². The summed E-state index contributed by atoms with van der Waals surface area (Å²) in [4.78, 5) is 3.56. The highest BCUT2D eigenvalue weighted by Gasteiger charge is 2.05. The molecule has 0 fully saturated rings. The first-order valence-corrected chi connectivity index (χ1v) is 4.36. The van der Waals surface area contributed by atoms with Crippen molar-refractivity contribution in [3.63, 3.8) is 0 Å². The molecule has 0 saturated carbocycles. The summed E-state index contributed by atoms with van der Waals surface area (Å²) in [7, 11) is 0. The van der Waals surface area contributed by atoms with Gasteiger partial charge in [0.05, 0.1) is 17.4 Å². The molecule has 1 aromatic carbocycles. The fourth-order valence-electron chi connectivity index (χ4n) is 1.13. The zero-order valence-electron chi connectivity index (χ0n) is 6.11. The lowest BCUT2D eigenvalue weighted by molar-refractivity contribution is 0.882. The third-order valence-corrected chi connectivity index (χ3v) is 2.11. The number of fused-ring (bicyclic) bond motifs is 1. The Kier molecular flexibility index (Phi) is 1.95. The summed E-state index contributed by atoms with van der Waals surface area (Å²) in [5.74, 6) is 0. The maximum Gasteiger partial charge on any atom is 0.184 e. The Morgan fingerprint density at radius 3 is 2.75 bits per heavy atom. The van der Waals surface area contributed by atoms with E-state index in [9.17, 15) is 0 Å². The highest BCUT2D eigenvalue weighted by atomic mass is 35.5. The molecular weight excluding hydrogens is 195 g/mol. The van der Waals surface area contributed by atoms with E-state index in [1.165, 1.54) is 0 Å². The Balaban J connectivity index is 2.70. The number of aromatic nitrogens is 2. The number of rotatable bonds is 1. The fourth-order valence-corrected chi connectivity index (χ4v) is 1.44. The average molecular weight is 201 g/mol. The molecule has 1 heterocycles. The fraction of sp³-hybridized carbons (Fsp3) is 0.125. The van der Waals surface area contributed by atoms with E-state index < -0.39 is 4.96 Å². The topological polar surface area (TPSA) is 17.8 Å². The lowest BCUT2D eigenvalue weighted by Crippen LogP contribution is -1.92. The van der Waals surface area contributed by atoms with Crippen molar-refractivity contribution in [2.45, 2.75) is 4.96 Å². The number of hydrogen-bond donors (Lipinski definition) is 0. The highest BCUT2D eigenvalue weighted by Crippen LogP contribution is 2.22. The molecular formula is C8H6Cl2N2. The first kappa shape index (κ1) is 7.90. The van der Waals surface area contributed by atoms with Crippen molar-refractivity contribution in [3.8, 4) is 0 Å². The Bertz CT molecular complexity index is 395. The summed E-state index contributed by atoms with van der Waals surface area (Å²) in [6.07, 6.45) is 1.63. The SMILES string of the molecule is ClC(Cl)n1cnc2ccccc21. The van der Waals surface area contributed by atoms with Crippen LogP contribution in [0.25, 0.3) is 11.0 Å². The van der Waals surface area contributed by atoms with E-state index in [4.69, 9.17) is 23.2 Å². The molecule has 0 unspecified atom stereocenters. The Hall–Kier alpha value is -0.730. The lowest BCUT2D eigenvalue weighted by Gasteiger charge is -2.02. The first-order valence-electron chi connectivity index (χ1n) is 3.49. The molecule has 0 spiro atoms. The van der Waals surface area contributed by atoms with Crippen molar-refractivity contribution in [3.05, 3.63) is 30.6 Å². The third-order valence-electron chi connectivity index (χ3n) is 1.69. The molecule has 1 aromatic heterocycles. The summed E-state index contributed by atoms with van der Waals surface area (Å²) < 4.78 is 1.71. The van der Waals surface area contributed by atoms with Gasteiger partial charge in [0.1, 0.15) is 0 Å². The minimum atomic E-state index is -0.572. The molecule has 0 aliphatic carbocycles. The molecule has 4 heteroatoms. The van der Waals surface area contributed by atoms with Crippen LogP contribution in [0.1, 0.15) is 4.96 Å². The number of imidazole rings is 1. The largest absolute Gasteiger partial charge is 0.300 e. The molecule has 0 N–H and O–H groups in total. The van der Waals surface area contributed by atoms with Gasteiger partial charge >= 0.3 is 0 Å². The number of nitrogens with zero attached hydrogens (tertiary/aromatic N) is 2. The van der Waals surface area contributed by atoms with Crippen LogP contribution in [0.2, 0.25) is 0 Å². The molecule has 0 aliphatic rings. The summed E-state index contributed by atoms with van der Waals surface area (Å²) in [5, 5.41) is 0. The summed E-state index contributed by atoms with van der Waals surface area (Å²) in [6, 6.07) is 7.70. The minimum Gasteiger partial charge on any atom is -0.300 e. The second kappa shape index (κ2) is 2.96. The van der Waals surface area contributed by atoms with E-state index in [0.717, 1.165) is 11.0 Å². The summed E-state index contributed by atoms with van der Waals surface area (Å²) in [6.45, 7) is 0. The number of hydrogen-bond acceptors (Lipinski definition) is 1. The van der Waals surface area contributed by atoms with Gasteiger partial charge in [0.15, 0.2) is 4.96 Å². The van der Waals surface area contributed by atoms with E-state index in [1.54, 1.807) is 10.9 Å². The lowest BCUT2D eigenvalue weighted by atomic mass is 10.3. The summed E-state index contributed by atoms with van der Waals surface area (Å²) >= 11 is 11.4. The van der Waals surface area contributed by atoms with Crippen LogP contribution < -0.4 is 0 Å².